The predicted molar refractivity (Wildman–Crippen MR) is 368 cm³/mol. The highest BCUT2D eigenvalue weighted by Crippen LogP contribution is 2.50. The summed E-state index contributed by atoms with van der Waals surface area (Å²) < 4.78 is 75.3. The molecule has 19 nitrogen and oxygen atoms in total. The monoisotopic (exact) mass is 1330 g/mol. The van der Waals surface area contributed by atoms with Crippen molar-refractivity contribution in [3.63, 3.8) is 0 Å². The highest BCUT2D eigenvalue weighted by molar-refractivity contribution is 7.48. The van der Waals surface area contributed by atoms with Gasteiger partial charge in [-0.05, 0) is 129 Å². The van der Waals surface area contributed by atoms with Gasteiger partial charge in [0.2, 0.25) is 11.8 Å². The number of Topliss-reactive ketones (excluding diaryl/α,β-unsaturated/α-hetero) is 1. The van der Waals surface area contributed by atoms with E-state index in [4.69, 9.17) is 53.4 Å². The number of aliphatic hydroxyl groups excluding tert-OH is 1. The van der Waals surface area contributed by atoms with Gasteiger partial charge in [0.25, 0.3) is 0 Å². The summed E-state index contributed by atoms with van der Waals surface area (Å²) in [5.74, 6) is 30.3. The van der Waals surface area contributed by atoms with E-state index in [1.54, 1.807) is 14.2 Å². The van der Waals surface area contributed by atoms with Crippen LogP contribution in [-0.4, -0.2) is 139 Å². The Kier molecular flexibility index (Phi) is 51.7. The van der Waals surface area contributed by atoms with Gasteiger partial charge >= 0.3 is 7.82 Å². The molecular weight excluding hydrogens is 1220 g/mol. The van der Waals surface area contributed by atoms with Crippen molar-refractivity contribution >= 4 is 25.4 Å². The Hall–Kier alpha value is -5.02. The molecule has 2 saturated heterocycles. The first-order valence-corrected chi connectivity index (χ1v) is 36.3. The topological polar surface area (TPSA) is 229 Å². The van der Waals surface area contributed by atoms with Crippen LogP contribution in [0.3, 0.4) is 0 Å². The minimum absolute atomic E-state index is 0.00000160. The van der Waals surface area contributed by atoms with Crippen molar-refractivity contribution in [3.8, 4) is 83.4 Å². The molecule has 0 bridgehead atoms. The van der Waals surface area contributed by atoms with Crippen LogP contribution in [0.2, 0.25) is 0 Å². The Balaban J connectivity index is 2.44. The summed E-state index contributed by atoms with van der Waals surface area (Å²) in [6.07, 6.45) is 31.7. The van der Waals surface area contributed by atoms with Crippen molar-refractivity contribution in [1.82, 2.24) is 21.6 Å². The van der Waals surface area contributed by atoms with Gasteiger partial charge in [0.15, 0.2) is 18.4 Å². The number of phosphoric acid groups is 1. The molecule has 2 amide bonds. The zero-order chi connectivity index (χ0) is 68.5. The highest BCUT2D eigenvalue weighted by atomic mass is 31.2. The van der Waals surface area contributed by atoms with Gasteiger partial charge in [0.05, 0.1) is 50.5 Å². The number of hydrogen-bond acceptors (Lipinski definition) is 17. The Labute approximate surface area is 566 Å². The van der Waals surface area contributed by atoms with E-state index in [9.17, 15) is 24.1 Å². The van der Waals surface area contributed by atoms with Crippen molar-refractivity contribution < 1.29 is 71.0 Å². The Morgan fingerprint density at radius 1 is 0.574 bits per heavy atom. The van der Waals surface area contributed by atoms with Crippen molar-refractivity contribution in [2.24, 2.45) is 5.92 Å². The summed E-state index contributed by atoms with van der Waals surface area (Å²) >= 11 is 0. The van der Waals surface area contributed by atoms with Crippen LogP contribution in [0.4, 0.5) is 0 Å². The number of ether oxygens (including phenoxy) is 7. The second-order valence-electron chi connectivity index (χ2n) is 23.8. The number of amides is 2. The summed E-state index contributed by atoms with van der Waals surface area (Å²) in [6, 6.07) is -2.14. The fraction of sp³-hybridized carbons (Fsp3) is 0.743. The number of ketones is 1. The van der Waals surface area contributed by atoms with Crippen LogP contribution in [-0.2, 0) is 65.9 Å². The Morgan fingerprint density at radius 3 is 1.65 bits per heavy atom. The number of carbonyl (C=O) groups is 3. The Bertz CT molecular complexity index is 2590. The number of nitrogens with one attached hydrogen (secondary N) is 4. The van der Waals surface area contributed by atoms with Crippen LogP contribution in [0.5, 0.6) is 0 Å². The van der Waals surface area contributed by atoms with E-state index in [-0.39, 0.29) is 50.6 Å². The molecule has 0 aromatic carbocycles. The summed E-state index contributed by atoms with van der Waals surface area (Å²) in [5, 5.41) is 18.4. The largest absolute Gasteiger partial charge is 0.510 e. The first kappa shape index (κ1) is 85.1. The molecular formula is C74H115N4O15P. The van der Waals surface area contributed by atoms with Crippen LogP contribution in [0, 0.1) is 89.3 Å². The van der Waals surface area contributed by atoms with Gasteiger partial charge < -0.3 is 48.9 Å². The van der Waals surface area contributed by atoms with Crippen molar-refractivity contribution in [1.29, 1.82) is 0 Å². The molecule has 20 heteroatoms. The lowest BCUT2D eigenvalue weighted by Crippen LogP contribution is -2.65. The number of unbranched alkanes of at least 4 members (excludes halogenated alkanes) is 22. The van der Waals surface area contributed by atoms with Crippen LogP contribution in [0.1, 0.15) is 233 Å². The minimum Gasteiger partial charge on any atom is -0.388 e. The minimum atomic E-state index is -4.60. The third-order valence-electron chi connectivity index (χ3n) is 16.2. The molecule has 2 fully saturated rings. The molecule has 2 heterocycles. The van der Waals surface area contributed by atoms with E-state index >= 15 is 0 Å². The van der Waals surface area contributed by atoms with Gasteiger partial charge in [-0.15, -0.1) is 6.42 Å². The number of methoxy groups -OCH3 is 2. The maximum atomic E-state index is 14.1. The molecule has 11 atom stereocenters. The standard InChI is InChI=1S/C74H115N4O15P/c1-10-14-18-22-25-28-30-32-33-35-37-39-41-45-49-53-66(80)77-68-71(87-57-54-63(85-9)52-48-43-21-17-13-4)61(5)65(60-84-8)90-73(68)88-58-55-64-70(82)72(86-56-50-46-42-27-24-20-16-12-3)69(74(89-64)91-94(83,92-75-6)93-76-7)78-67(81)59-62(79)51-47-44-40-38-36-34-31-29-26-23-19-15-11-2/h2,28,30,61,63-65,68-76,82H,10,12-14,16-18,20-22,24-25,27,32-33,35,37,39,41-43,45-46,48-60H2,1,3-9H3,(H,77,80)(H,78,81)/b30-28-/t61-,63-,64-,65-,68-,69-,70-,71+,72-,73-,74-/m1/s1. The first-order valence-electron chi connectivity index (χ1n) is 34.9. The molecule has 2 aliphatic rings. The summed E-state index contributed by atoms with van der Waals surface area (Å²) in [4.78, 5) is 41.1. The average molecular weight is 1330 g/mol. The maximum Gasteiger partial charge on any atom is 0.510 e. The fourth-order valence-electron chi connectivity index (χ4n) is 11.0. The molecule has 0 radical (unpaired) electrons. The lowest BCUT2D eigenvalue weighted by molar-refractivity contribution is -0.275. The zero-order valence-corrected chi connectivity index (χ0v) is 59.0. The number of aliphatic hydroxyl groups is 1. The maximum absolute atomic E-state index is 14.1. The molecule has 2 rings (SSSR count). The van der Waals surface area contributed by atoms with Crippen molar-refractivity contribution in [2.45, 2.75) is 294 Å². The lowest BCUT2D eigenvalue weighted by Gasteiger charge is -2.46. The molecule has 94 heavy (non-hydrogen) atoms. The molecule has 0 aliphatic carbocycles. The number of hydroxylamine groups is 2. The number of rotatable bonds is 53. The van der Waals surface area contributed by atoms with Crippen molar-refractivity contribution in [2.75, 3.05) is 54.7 Å². The highest BCUT2D eigenvalue weighted by Gasteiger charge is 2.51. The van der Waals surface area contributed by atoms with E-state index < -0.39 is 81.1 Å². The lowest BCUT2D eigenvalue weighted by atomic mass is 9.88. The van der Waals surface area contributed by atoms with Crippen LogP contribution < -0.4 is 21.6 Å². The van der Waals surface area contributed by atoms with Crippen LogP contribution >= 0.6 is 7.82 Å². The van der Waals surface area contributed by atoms with Gasteiger partial charge in [-0.25, -0.2) is 4.57 Å². The molecule has 0 aromatic heterocycles. The summed E-state index contributed by atoms with van der Waals surface area (Å²) in [7, 11) is 1.42. The van der Waals surface area contributed by atoms with Gasteiger partial charge in [0, 0.05) is 53.9 Å². The molecule has 5 N–H and O–H groups in total. The second kappa shape index (κ2) is 57.1. The molecule has 0 aromatic rings. The molecule has 0 saturated carbocycles. The van der Waals surface area contributed by atoms with E-state index in [0.717, 1.165) is 83.5 Å². The number of terminal acetylenes is 1. The molecule has 526 valence electrons. The first-order chi connectivity index (χ1) is 45.8. The number of carbonyl (C=O) groups excluding carboxylic acids is 3. The van der Waals surface area contributed by atoms with Gasteiger partial charge in [0.1, 0.15) is 24.3 Å². The zero-order valence-electron chi connectivity index (χ0n) is 58.1. The predicted octanol–water partition coefficient (Wildman–Crippen LogP) is 11.6. The van der Waals surface area contributed by atoms with E-state index in [2.05, 4.69) is 131 Å². The van der Waals surface area contributed by atoms with Gasteiger partial charge in [-0.3, -0.25) is 18.9 Å². The van der Waals surface area contributed by atoms with E-state index in [0.29, 0.717) is 25.9 Å². The Morgan fingerprint density at radius 2 is 1.07 bits per heavy atom. The SMILES string of the molecule is C#CC#CC#CC#CC#CC#CC#CCC(=O)CC(=O)N[C@H]1[C@@H](OP(=O)(ONC)ONC)O[C@H](CCO[C@@H]2O[C@H](COC)[C@@H](C)[C@H](OCC[C@@H](CCCCCCC)OC)[C@H]2NC(=O)CCCCCCCCC/C=C\CCCCCC)[C@@H](O)[C@@H]1OCCCCCCCCCC. The van der Waals surface area contributed by atoms with Crippen LogP contribution in [0.15, 0.2) is 12.2 Å². The molecule has 0 unspecified atom stereocenters. The second-order valence-corrected chi connectivity index (χ2v) is 25.3. The summed E-state index contributed by atoms with van der Waals surface area (Å²) in [6.45, 7) is 9.29. The van der Waals surface area contributed by atoms with Gasteiger partial charge in [-0.2, -0.15) is 20.2 Å². The summed E-state index contributed by atoms with van der Waals surface area (Å²) in [5.41, 5.74) is 4.66. The van der Waals surface area contributed by atoms with E-state index in [1.807, 2.05) is 6.92 Å². The normalized spacial score (nSPS) is 21.0. The molecule has 0 spiro atoms. The van der Waals surface area contributed by atoms with Gasteiger partial charge in [-0.1, -0.05) is 174 Å². The fourth-order valence-corrected chi connectivity index (χ4v) is 12.0. The average Bonchev–Trinajstić information content (AvgIpc) is 0.799. The van der Waals surface area contributed by atoms with Crippen molar-refractivity contribution in [3.05, 3.63) is 12.2 Å². The van der Waals surface area contributed by atoms with E-state index in [1.165, 1.54) is 97.6 Å². The quantitative estimate of drug-likeness (QED) is 0.00952. The molecule has 2 aliphatic heterocycles. The number of allylic oxidation sites excluding steroid dienone is 2. The number of hydrogen-bond donors (Lipinski definition) is 5. The van der Waals surface area contributed by atoms with Crippen LogP contribution in [0.25, 0.3) is 0 Å². The third-order valence-corrected chi connectivity index (χ3v) is 17.4. The third kappa shape index (κ3) is 39.9. The smallest absolute Gasteiger partial charge is 0.388 e.